The van der Waals surface area contributed by atoms with Crippen LogP contribution in [0, 0.1) is 14.9 Å². The maximum atomic E-state index is 11.0. The smallest absolute Gasteiger partial charge is 0.271 e. The van der Waals surface area contributed by atoms with Crippen LogP contribution in [0.2, 0.25) is 0 Å². The van der Waals surface area contributed by atoms with Gasteiger partial charge in [-0.3, -0.25) is 19.8 Å². The average Bonchev–Trinajstić information content (AvgIpc) is 2.70. The van der Waals surface area contributed by atoms with E-state index >= 15 is 0 Å². The minimum absolute atomic E-state index is 0.00347. The normalized spacial score (nSPS) is 11.6. The van der Waals surface area contributed by atoms with E-state index in [2.05, 4.69) is 26.1 Å². The molecule has 0 fully saturated rings. The fourth-order valence-electron chi connectivity index (χ4n) is 1.92. The lowest BCUT2D eigenvalue weighted by Gasteiger charge is -2.22. The van der Waals surface area contributed by atoms with Crippen molar-refractivity contribution in [2.24, 2.45) is 0 Å². The molecule has 0 spiro atoms. The molecular weight excluding hydrogens is 344 g/mol. The van der Waals surface area contributed by atoms with Crippen molar-refractivity contribution in [1.29, 1.82) is 0 Å². The van der Waals surface area contributed by atoms with Crippen LogP contribution in [0.25, 0.3) is 11.4 Å². The van der Waals surface area contributed by atoms with E-state index < -0.39 is 4.92 Å². The fourth-order valence-corrected chi connectivity index (χ4v) is 2.81. The molecule has 2 rings (SSSR count). The Morgan fingerprint density at radius 1 is 1.40 bits per heavy atom. The Kier molecular flexibility index (Phi) is 3.79. The number of hydrogen-bond acceptors (Lipinski definition) is 4. The highest BCUT2D eigenvalue weighted by molar-refractivity contribution is 9.10. The second-order valence-electron chi connectivity index (χ2n) is 5.31. The molecular formula is C12H13BrN4O2S. The molecule has 1 aromatic carbocycles. The summed E-state index contributed by atoms with van der Waals surface area (Å²) >= 11 is 8.52. The number of H-pyrrole nitrogens is 1. The number of rotatable bonds is 2. The van der Waals surface area contributed by atoms with Gasteiger partial charge in [0.25, 0.3) is 5.69 Å². The number of aromatic nitrogens is 3. The monoisotopic (exact) mass is 356 g/mol. The molecule has 0 amide bonds. The average molecular weight is 357 g/mol. The van der Waals surface area contributed by atoms with Crippen molar-refractivity contribution in [2.75, 3.05) is 0 Å². The molecule has 0 aliphatic carbocycles. The minimum Gasteiger partial charge on any atom is -0.295 e. The Bertz CT molecular complexity index is 730. The van der Waals surface area contributed by atoms with Crippen LogP contribution in [0.1, 0.15) is 20.8 Å². The Balaban J connectivity index is 2.70. The molecule has 2 aromatic rings. The summed E-state index contributed by atoms with van der Waals surface area (Å²) in [6.45, 7) is 5.98. The maximum absolute atomic E-state index is 11.0. The van der Waals surface area contributed by atoms with Gasteiger partial charge in [-0.1, -0.05) is 15.9 Å². The summed E-state index contributed by atoms with van der Waals surface area (Å²) in [6.07, 6.45) is 0. The fraction of sp³-hybridized carbons (Fsp3) is 0.333. The molecule has 106 valence electrons. The van der Waals surface area contributed by atoms with Gasteiger partial charge in [-0.05, 0) is 39.1 Å². The lowest BCUT2D eigenvalue weighted by molar-refractivity contribution is -0.384. The van der Waals surface area contributed by atoms with Crippen LogP contribution in [0.4, 0.5) is 5.69 Å². The molecule has 8 heteroatoms. The molecule has 0 bridgehead atoms. The Morgan fingerprint density at radius 3 is 2.60 bits per heavy atom. The second-order valence-corrected chi connectivity index (χ2v) is 6.62. The van der Waals surface area contributed by atoms with E-state index in [1.54, 1.807) is 6.07 Å². The Morgan fingerprint density at radius 2 is 2.05 bits per heavy atom. The quantitative estimate of drug-likeness (QED) is 0.500. The molecule has 0 atom stereocenters. The zero-order valence-corrected chi connectivity index (χ0v) is 13.6. The highest BCUT2D eigenvalue weighted by atomic mass is 79.9. The lowest BCUT2D eigenvalue weighted by atomic mass is 10.1. The predicted octanol–water partition coefficient (Wildman–Crippen LogP) is 4.03. The summed E-state index contributed by atoms with van der Waals surface area (Å²) in [5, 5.41) is 17.9. The van der Waals surface area contributed by atoms with Gasteiger partial charge >= 0.3 is 0 Å². The number of nitrogens with one attached hydrogen (secondary N) is 1. The van der Waals surface area contributed by atoms with Crippen molar-refractivity contribution >= 4 is 33.8 Å². The molecule has 1 heterocycles. The van der Waals surface area contributed by atoms with Gasteiger partial charge in [0.15, 0.2) is 10.6 Å². The van der Waals surface area contributed by atoms with E-state index in [-0.39, 0.29) is 11.2 Å². The first-order chi connectivity index (χ1) is 9.20. The van der Waals surface area contributed by atoms with E-state index in [0.29, 0.717) is 20.6 Å². The van der Waals surface area contributed by atoms with Crippen LogP contribution in [-0.2, 0) is 5.54 Å². The zero-order valence-electron chi connectivity index (χ0n) is 11.2. The largest absolute Gasteiger partial charge is 0.295 e. The third kappa shape index (κ3) is 2.80. The molecule has 0 radical (unpaired) electrons. The van der Waals surface area contributed by atoms with Crippen molar-refractivity contribution in [3.8, 4) is 11.4 Å². The highest BCUT2D eigenvalue weighted by Gasteiger charge is 2.22. The highest BCUT2D eigenvalue weighted by Crippen LogP contribution is 2.30. The molecule has 20 heavy (non-hydrogen) atoms. The summed E-state index contributed by atoms with van der Waals surface area (Å²) in [5.41, 5.74) is 0.355. The summed E-state index contributed by atoms with van der Waals surface area (Å²) in [6, 6.07) is 4.71. The van der Waals surface area contributed by atoms with Crippen molar-refractivity contribution in [1.82, 2.24) is 14.8 Å². The van der Waals surface area contributed by atoms with Crippen molar-refractivity contribution in [3.05, 3.63) is 37.6 Å². The second kappa shape index (κ2) is 5.10. The van der Waals surface area contributed by atoms with E-state index in [9.17, 15) is 10.1 Å². The lowest BCUT2D eigenvalue weighted by Crippen LogP contribution is -2.23. The van der Waals surface area contributed by atoms with Gasteiger partial charge in [-0.2, -0.15) is 5.10 Å². The first-order valence-corrected chi connectivity index (χ1v) is 7.03. The Labute approximate surface area is 129 Å². The predicted molar refractivity (Wildman–Crippen MR) is 82.2 cm³/mol. The van der Waals surface area contributed by atoms with Gasteiger partial charge in [0.2, 0.25) is 0 Å². The SMILES string of the molecule is CC(C)(C)n1c(-c2cc(Br)cc([N+](=O)[O-])c2)n[nH]c1=S. The third-order valence-electron chi connectivity index (χ3n) is 2.69. The zero-order chi connectivity index (χ0) is 15.1. The minimum atomic E-state index is -0.434. The Hall–Kier alpha value is -1.54. The number of non-ortho nitro benzene ring substituents is 1. The van der Waals surface area contributed by atoms with Crippen molar-refractivity contribution in [2.45, 2.75) is 26.3 Å². The van der Waals surface area contributed by atoms with E-state index in [1.807, 2.05) is 25.3 Å². The number of benzene rings is 1. The summed E-state index contributed by atoms with van der Waals surface area (Å²) in [4.78, 5) is 10.5. The molecule has 1 N–H and O–H groups in total. The van der Waals surface area contributed by atoms with Gasteiger partial charge in [-0.25, -0.2) is 0 Å². The van der Waals surface area contributed by atoms with Crippen LogP contribution in [0.5, 0.6) is 0 Å². The molecule has 1 aromatic heterocycles. The first-order valence-electron chi connectivity index (χ1n) is 5.83. The number of nitro groups is 1. The number of halogens is 1. The van der Waals surface area contributed by atoms with Crippen molar-refractivity contribution in [3.63, 3.8) is 0 Å². The summed E-state index contributed by atoms with van der Waals surface area (Å²) < 4.78 is 2.94. The van der Waals surface area contributed by atoms with E-state index in [1.165, 1.54) is 12.1 Å². The third-order valence-corrected chi connectivity index (χ3v) is 3.43. The molecule has 0 unspecified atom stereocenters. The van der Waals surface area contributed by atoms with Crippen LogP contribution in [0.15, 0.2) is 22.7 Å². The molecule has 0 saturated carbocycles. The van der Waals surface area contributed by atoms with Crippen LogP contribution in [0.3, 0.4) is 0 Å². The number of nitrogens with zero attached hydrogens (tertiary/aromatic N) is 3. The molecule has 0 saturated heterocycles. The summed E-state index contributed by atoms with van der Waals surface area (Å²) in [7, 11) is 0. The first kappa shape index (κ1) is 14.9. The molecule has 6 nitrogen and oxygen atoms in total. The number of nitro benzene ring substituents is 1. The van der Waals surface area contributed by atoms with Gasteiger partial charge in [0.1, 0.15) is 0 Å². The van der Waals surface area contributed by atoms with Gasteiger partial charge < -0.3 is 0 Å². The number of aromatic amines is 1. The van der Waals surface area contributed by atoms with Crippen LogP contribution < -0.4 is 0 Å². The van der Waals surface area contributed by atoms with Crippen LogP contribution in [-0.4, -0.2) is 19.7 Å². The molecule has 0 aliphatic rings. The number of hydrogen-bond donors (Lipinski definition) is 1. The van der Waals surface area contributed by atoms with Gasteiger partial charge in [-0.15, -0.1) is 0 Å². The molecule has 0 aliphatic heterocycles. The topological polar surface area (TPSA) is 76.8 Å². The van der Waals surface area contributed by atoms with Crippen molar-refractivity contribution < 1.29 is 4.92 Å². The van der Waals surface area contributed by atoms with Crippen LogP contribution >= 0.6 is 28.1 Å². The maximum Gasteiger partial charge on any atom is 0.271 e. The van der Waals surface area contributed by atoms with E-state index in [0.717, 1.165) is 0 Å². The summed E-state index contributed by atoms with van der Waals surface area (Å²) in [5.74, 6) is 0.576. The standard InChI is InChI=1S/C12H13BrN4O2S/c1-12(2,3)16-10(14-15-11(16)20)7-4-8(13)6-9(5-7)17(18)19/h4-6H,1-3H3,(H,15,20). The van der Waals surface area contributed by atoms with E-state index in [4.69, 9.17) is 12.2 Å². The van der Waals surface area contributed by atoms with Gasteiger partial charge in [0.05, 0.1) is 4.92 Å². The van der Waals surface area contributed by atoms with Gasteiger partial charge in [0, 0.05) is 27.7 Å².